The van der Waals surface area contributed by atoms with E-state index in [4.69, 9.17) is 10.2 Å². The molecule has 0 amide bonds. The Labute approximate surface area is 193 Å². The second kappa shape index (κ2) is 20.1. The van der Waals surface area contributed by atoms with E-state index in [1.165, 1.54) is 9.79 Å². The van der Waals surface area contributed by atoms with Crippen LogP contribution in [0.15, 0.2) is 69.4 Å². The molecule has 2 rings (SSSR count). The van der Waals surface area contributed by atoms with Crippen LogP contribution >= 0.6 is 11.8 Å². The maximum absolute atomic E-state index is 7.57. The minimum Gasteiger partial charge on any atom is -0.397 e. The van der Waals surface area contributed by atoms with Crippen molar-refractivity contribution in [1.82, 2.24) is 4.90 Å². The third-order valence-corrected chi connectivity index (χ3v) is 5.13. The van der Waals surface area contributed by atoms with E-state index in [0.29, 0.717) is 0 Å². The summed E-state index contributed by atoms with van der Waals surface area (Å²) in [7, 11) is 0. The first-order valence-electron chi connectivity index (χ1n) is 11.1. The number of anilines is 1. The lowest BCUT2D eigenvalue weighted by atomic mass is 10.3. The number of nitrogens with zero attached hydrogens (tertiary/aromatic N) is 2. The molecule has 0 bridgehead atoms. The normalized spacial score (nSPS) is 10.6. The molecule has 0 aliphatic heterocycles. The van der Waals surface area contributed by atoms with Crippen molar-refractivity contribution in [3.63, 3.8) is 0 Å². The summed E-state index contributed by atoms with van der Waals surface area (Å²) in [6, 6.07) is 18.8. The minimum absolute atomic E-state index is 0.250. The van der Waals surface area contributed by atoms with Crippen LogP contribution in [0.3, 0.4) is 0 Å². The molecule has 5 nitrogen and oxygen atoms in total. The smallest absolute Gasteiger partial charge is 0.0975 e. The number of aliphatic hydroxyl groups excluding tert-OH is 2. The first kappa shape index (κ1) is 29.1. The molecule has 2 aromatic rings. The number of nitrogens with one attached hydrogen (secondary N) is 1. The van der Waals surface area contributed by atoms with Crippen molar-refractivity contribution in [3.8, 4) is 0 Å². The fraction of sp³-hybridized carbons (Fsp3) is 0.480. The van der Waals surface area contributed by atoms with Gasteiger partial charge >= 0.3 is 0 Å². The highest BCUT2D eigenvalue weighted by Gasteiger charge is 2.04. The Morgan fingerprint density at radius 2 is 1.45 bits per heavy atom. The number of rotatable bonds is 9. The number of amidine groups is 1. The predicted octanol–water partition coefficient (Wildman–Crippen LogP) is 5.40. The Kier molecular flexibility index (Phi) is 18.9. The standard InChI is InChI=1S/C21H29N3S.2C2H6O/c1-4-24(5-2)17-11-16-22-18(3)23-20-14-9-10-15-21(20)25-19-12-7-6-8-13-19;2*1-2-3/h6-10,12-15H,4-5,11,16-17H2,1-3H3,(H,22,23);2*3H,2H2,1H3. The second-order valence-electron chi connectivity index (χ2n) is 6.52. The molecule has 0 fully saturated rings. The number of para-hydroxylation sites is 1. The third-order valence-electron chi connectivity index (χ3n) is 4.05. The highest BCUT2D eigenvalue weighted by Crippen LogP contribution is 2.33. The minimum atomic E-state index is 0.250. The maximum Gasteiger partial charge on any atom is 0.0975 e. The summed E-state index contributed by atoms with van der Waals surface area (Å²) in [5, 5.41) is 18.6. The molecule has 0 heterocycles. The van der Waals surface area contributed by atoms with Gasteiger partial charge in [0.2, 0.25) is 0 Å². The number of hydrogen-bond donors (Lipinski definition) is 3. The molecule has 0 spiro atoms. The van der Waals surface area contributed by atoms with Gasteiger partial charge in [-0.05, 0) is 71.1 Å². The number of aliphatic hydroxyl groups is 2. The summed E-state index contributed by atoms with van der Waals surface area (Å²) in [5.41, 5.74) is 1.11. The number of hydrogen-bond acceptors (Lipinski definition) is 5. The van der Waals surface area contributed by atoms with Crippen LogP contribution in [0.1, 0.15) is 41.0 Å². The molecular formula is C25H41N3O2S. The van der Waals surface area contributed by atoms with E-state index in [2.05, 4.69) is 77.6 Å². The van der Waals surface area contributed by atoms with Gasteiger partial charge in [-0.2, -0.15) is 0 Å². The zero-order valence-electron chi connectivity index (χ0n) is 19.8. The molecule has 2 aromatic carbocycles. The molecule has 0 aromatic heterocycles. The van der Waals surface area contributed by atoms with E-state index in [0.717, 1.165) is 44.1 Å². The molecule has 6 heteroatoms. The van der Waals surface area contributed by atoms with Gasteiger partial charge in [-0.1, -0.05) is 55.9 Å². The van der Waals surface area contributed by atoms with Crippen molar-refractivity contribution in [2.24, 2.45) is 4.99 Å². The molecule has 0 unspecified atom stereocenters. The molecule has 0 aliphatic carbocycles. The van der Waals surface area contributed by atoms with Crippen molar-refractivity contribution in [2.45, 2.75) is 50.8 Å². The molecule has 0 aliphatic rings. The lowest BCUT2D eigenvalue weighted by Crippen LogP contribution is -2.24. The van der Waals surface area contributed by atoms with E-state index in [1.54, 1.807) is 25.6 Å². The van der Waals surface area contributed by atoms with Gasteiger partial charge in [0.25, 0.3) is 0 Å². The van der Waals surface area contributed by atoms with Gasteiger partial charge in [0, 0.05) is 29.5 Å². The van der Waals surface area contributed by atoms with Crippen molar-refractivity contribution >= 4 is 23.3 Å². The van der Waals surface area contributed by atoms with Gasteiger partial charge in [0.1, 0.15) is 0 Å². The van der Waals surface area contributed by atoms with Crippen molar-refractivity contribution in [1.29, 1.82) is 0 Å². The van der Waals surface area contributed by atoms with Gasteiger partial charge in [-0.15, -0.1) is 0 Å². The van der Waals surface area contributed by atoms with Crippen LogP contribution in [0.25, 0.3) is 0 Å². The Balaban J connectivity index is 0.00000134. The molecule has 0 radical (unpaired) electrons. The average molecular weight is 448 g/mol. The van der Waals surface area contributed by atoms with E-state index in [-0.39, 0.29) is 13.2 Å². The van der Waals surface area contributed by atoms with Crippen molar-refractivity contribution in [2.75, 3.05) is 44.7 Å². The van der Waals surface area contributed by atoms with Gasteiger partial charge in [0.05, 0.1) is 11.5 Å². The van der Waals surface area contributed by atoms with Crippen LogP contribution in [0, 0.1) is 0 Å². The van der Waals surface area contributed by atoms with Crippen LogP contribution in [0.5, 0.6) is 0 Å². The van der Waals surface area contributed by atoms with Crippen LogP contribution in [0.4, 0.5) is 5.69 Å². The molecule has 3 N–H and O–H groups in total. The zero-order valence-corrected chi connectivity index (χ0v) is 20.7. The SMILES string of the molecule is CCN(CC)CCCN=C(C)Nc1ccccc1Sc1ccccc1.CCO.CCO. The summed E-state index contributed by atoms with van der Waals surface area (Å²) in [6.45, 7) is 14.5. The molecule has 0 atom stereocenters. The first-order chi connectivity index (χ1) is 15.1. The summed E-state index contributed by atoms with van der Waals surface area (Å²) < 4.78 is 0. The van der Waals surface area contributed by atoms with E-state index >= 15 is 0 Å². The summed E-state index contributed by atoms with van der Waals surface area (Å²) in [6.07, 6.45) is 1.10. The molecule has 174 valence electrons. The molecule has 31 heavy (non-hydrogen) atoms. The Hall–Kier alpha value is -1.86. The van der Waals surface area contributed by atoms with E-state index in [9.17, 15) is 0 Å². The van der Waals surface area contributed by atoms with Crippen LogP contribution in [-0.4, -0.2) is 60.3 Å². The zero-order chi connectivity index (χ0) is 23.3. The molecule has 0 saturated carbocycles. The number of aliphatic imine (C=N–C) groups is 1. The fourth-order valence-electron chi connectivity index (χ4n) is 2.59. The van der Waals surface area contributed by atoms with Crippen LogP contribution < -0.4 is 5.32 Å². The summed E-state index contributed by atoms with van der Waals surface area (Å²) in [4.78, 5) is 9.57. The van der Waals surface area contributed by atoms with Gasteiger partial charge in [-0.3, -0.25) is 4.99 Å². The van der Waals surface area contributed by atoms with E-state index < -0.39 is 0 Å². The van der Waals surface area contributed by atoms with Crippen LogP contribution in [0.2, 0.25) is 0 Å². The third kappa shape index (κ3) is 14.7. The van der Waals surface area contributed by atoms with Gasteiger partial charge in [0.15, 0.2) is 0 Å². The summed E-state index contributed by atoms with van der Waals surface area (Å²) in [5.74, 6) is 0.973. The lowest BCUT2D eigenvalue weighted by Gasteiger charge is -2.17. The maximum atomic E-state index is 7.57. The van der Waals surface area contributed by atoms with Crippen molar-refractivity contribution < 1.29 is 10.2 Å². The van der Waals surface area contributed by atoms with Gasteiger partial charge in [-0.25, -0.2) is 0 Å². The average Bonchev–Trinajstić information content (AvgIpc) is 2.77. The Morgan fingerprint density at radius 1 is 0.903 bits per heavy atom. The highest BCUT2D eigenvalue weighted by atomic mass is 32.2. The number of benzene rings is 2. The summed E-state index contributed by atoms with van der Waals surface area (Å²) >= 11 is 1.77. The topological polar surface area (TPSA) is 68.1 Å². The monoisotopic (exact) mass is 447 g/mol. The quantitative estimate of drug-likeness (QED) is 0.273. The fourth-order valence-corrected chi connectivity index (χ4v) is 3.51. The van der Waals surface area contributed by atoms with E-state index in [1.807, 2.05) is 13.0 Å². The Morgan fingerprint density at radius 3 is 2.03 bits per heavy atom. The lowest BCUT2D eigenvalue weighted by molar-refractivity contribution is 0.302. The highest BCUT2D eigenvalue weighted by molar-refractivity contribution is 7.99. The van der Waals surface area contributed by atoms with Gasteiger partial charge < -0.3 is 20.4 Å². The van der Waals surface area contributed by atoms with Crippen LogP contribution in [-0.2, 0) is 0 Å². The Bertz CT molecular complexity index is 690. The van der Waals surface area contributed by atoms with Crippen molar-refractivity contribution in [3.05, 3.63) is 54.6 Å². The second-order valence-corrected chi connectivity index (χ2v) is 7.63. The predicted molar refractivity (Wildman–Crippen MR) is 137 cm³/mol. The molecular weight excluding hydrogens is 406 g/mol. The molecule has 0 saturated heterocycles. The first-order valence-corrected chi connectivity index (χ1v) is 11.9. The largest absolute Gasteiger partial charge is 0.397 e.